The van der Waals surface area contributed by atoms with Gasteiger partial charge in [-0.25, -0.2) is 4.90 Å². The number of ether oxygens (including phenoxy) is 3. The topological polar surface area (TPSA) is 82.1 Å². The van der Waals surface area contributed by atoms with E-state index in [0.717, 1.165) is 4.90 Å². The fourth-order valence-corrected chi connectivity index (χ4v) is 3.88. The number of anilines is 1. The van der Waals surface area contributed by atoms with Crippen molar-refractivity contribution >= 4 is 34.2 Å². The van der Waals surface area contributed by atoms with E-state index in [1.807, 2.05) is 52.0 Å². The second-order valence-electron chi connectivity index (χ2n) is 8.32. The SMILES string of the molecule is CC(=O)Oc1ccc(N2C(=O)c3c(c(OC(C)C)c4ccccc4c3OC(C)C)C2=O)cc1. The van der Waals surface area contributed by atoms with Crippen LogP contribution in [0, 0.1) is 0 Å². The lowest BCUT2D eigenvalue weighted by Crippen LogP contribution is -2.29. The summed E-state index contributed by atoms with van der Waals surface area (Å²) < 4.78 is 17.2. The second kappa shape index (κ2) is 8.58. The van der Waals surface area contributed by atoms with E-state index in [-0.39, 0.29) is 23.3 Å². The number of carbonyl (C=O) groups is 3. The molecule has 4 rings (SSSR count). The number of amides is 2. The number of imide groups is 1. The summed E-state index contributed by atoms with van der Waals surface area (Å²) in [4.78, 5) is 39.6. The van der Waals surface area contributed by atoms with Crippen molar-refractivity contribution in [3.8, 4) is 17.2 Å². The van der Waals surface area contributed by atoms with Crippen LogP contribution in [0.3, 0.4) is 0 Å². The van der Waals surface area contributed by atoms with E-state index < -0.39 is 17.8 Å². The molecule has 1 heterocycles. The van der Waals surface area contributed by atoms with Crippen LogP contribution in [0.1, 0.15) is 55.3 Å². The second-order valence-corrected chi connectivity index (χ2v) is 8.32. The van der Waals surface area contributed by atoms with E-state index in [9.17, 15) is 14.4 Å². The molecule has 170 valence electrons. The Morgan fingerprint density at radius 2 is 1.21 bits per heavy atom. The van der Waals surface area contributed by atoms with Crippen molar-refractivity contribution in [1.82, 2.24) is 0 Å². The molecule has 3 aromatic carbocycles. The molecule has 0 atom stereocenters. The Hall–Kier alpha value is -3.87. The molecule has 33 heavy (non-hydrogen) atoms. The predicted molar refractivity (Wildman–Crippen MR) is 124 cm³/mol. The first-order chi connectivity index (χ1) is 15.7. The van der Waals surface area contributed by atoms with E-state index in [1.165, 1.54) is 19.1 Å². The van der Waals surface area contributed by atoms with Gasteiger partial charge in [-0.3, -0.25) is 14.4 Å². The van der Waals surface area contributed by atoms with Crippen molar-refractivity contribution in [3.05, 3.63) is 59.7 Å². The minimum atomic E-state index is -0.495. The van der Waals surface area contributed by atoms with Crippen molar-refractivity contribution in [2.45, 2.75) is 46.8 Å². The Bertz CT molecular complexity index is 1190. The third kappa shape index (κ3) is 4.02. The van der Waals surface area contributed by atoms with Crippen molar-refractivity contribution in [3.63, 3.8) is 0 Å². The van der Waals surface area contributed by atoms with Crippen LogP contribution < -0.4 is 19.1 Å². The Labute approximate surface area is 191 Å². The molecule has 0 bridgehead atoms. The van der Waals surface area contributed by atoms with Crippen LogP contribution in [0.2, 0.25) is 0 Å². The molecule has 0 saturated heterocycles. The van der Waals surface area contributed by atoms with Crippen LogP contribution in [-0.2, 0) is 4.79 Å². The normalized spacial score (nSPS) is 13.1. The van der Waals surface area contributed by atoms with Crippen molar-refractivity contribution in [2.24, 2.45) is 0 Å². The van der Waals surface area contributed by atoms with E-state index in [2.05, 4.69) is 0 Å². The minimum Gasteiger partial charge on any atom is -0.489 e. The van der Waals surface area contributed by atoms with Crippen LogP contribution in [0.25, 0.3) is 10.8 Å². The van der Waals surface area contributed by atoms with Gasteiger partial charge in [0.1, 0.15) is 17.2 Å². The van der Waals surface area contributed by atoms with E-state index in [1.54, 1.807) is 12.1 Å². The minimum absolute atomic E-state index is 0.187. The molecule has 7 nitrogen and oxygen atoms in total. The summed E-state index contributed by atoms with van der Waals surface area (Å²) in [5.41, 5.74) is 0.728. The molecule has 0 spiro atoms. The van der Waals surface area contributed by atoms with Crippen LogP contribution in [-0.4, -0.2) is 30.0 Å². The summed E-state index contributed by atoms with van der Waals surface area (Å²) >= 11 is 0. The van der Waals surface area contributed by atoms with E-state index in [0.29, 0.717) is 33.7 Å². The molecule has 2 amide bonds. The lowest BCUT2D eigenvalue weighted by Gasteiger charge is -2.20. The highest BCUT2D eigenvalue weighted by Crippen LogP contribution is 2.46. The zero-order valence-corrected chi connectivity index (χ0v) is 19.2. The highest BCUT2D eigenvalue weighted by molar-refractivity contribution is 6.38. The van der Waals surface area contributed by atoms with Gasteiger partial charge in [-0.1, -0.05) is 24.3 Å². The average Bonchev–Trinajstić information content (AvgIpc) is 3.00. The molecule has 7 heteroatoms. The molecule has 0 aromatic heterocycles. The molecule has 1 aliphatic heterocycles. The zero-order chi connectivity index (χ0) is 23.9. The summed E-state index contributed by atoms with van der Waals surface area (Å²) in [5.74, 6) is -0.397. The van der Waals surface area contributed by atoms with Gasteiger partial charge in [0, 0.05) is 17.7 Å². The fourth-order valence-electron chi connectivity index (χ4n) is 3.88. The number of rotatable bonds is 6. The van der Waals surface area contributed by atoms with E-state index >= 15 is 0 Å². The van der Waals surface area contributed by atoms with Gasteiger partial charge in [-0.05, 0) is 52.0 Å². The standard InChI is InChI=1S/C26H25NO6/c1-14(2)31-23-19-8-6-7-9-20(19)24(32-15(3)4)22-21(23)25(29)27(26(22)30)17-10-12-18(13-11-17)33-16(5)28/h6-15H,1-5H3. The molecule has 0 aliphatic carbocycles. The van der Waals surface area contributed by atoms with Crippen LogP contribution in [0.5, 0.6) is 17.2 Å². The lowest BCUT2D eigenvalue weighted by atomic mass is 9.98. The molecule has 0 unspecified atom stereocenters. The van der Waals surface area contributed by atoms with Crippen LogP contribution in [0.15, 0.2) is 48.5 Å². The smallest absolute Gasteiger partial charge is 0.308 e. The molecule has 3 aromatic rings. The fraction of sp³-hybridized carbons (Fsp3) is 0.269. The van der Waals surface area contributed by atoms with Crippen LogP contribution in [0.4, 0.5) is 5.69 Å². The number of esters is 1. The Kier molecular flexibility index (Phi) is 5.80. The Morgan fingerprint density at radius 1 is 0.758 bits per heavy atom. The van der Waals surface area contributed by atoms with Gasteiger partial charge < -0.3 is 14.2 Å². The van der Waals surface area contributed by atoms with Crippen molar-refractivity contribution in [2.75, 3.05) is 4.90 Å². The monoisotopic (exact) mass is 447 g/mol. The van der Waals surface area contributed by atoms with Gasteiger partial charge in [0.25, 0.3) is 11.8 Å². The molecule has 0 fully saturated rings. The maximum atomic E-state index is 13.6. The van der Waals surface area contributed by atoms with Gasteiger partial charge in [0.05, 0.1) is 29.0 Å². The Balaban J connectivity index is 1.93. The quantitative estimate of drug-likeness (QED) is 0.296. The highest BCUT2D eigenvalue weighted by Gasteiger charge is 2.43. The van der Waals surface area contributed by atoms with Gasteiger partial charge in [-0.15, -0.1) is 0 Å². The lowest BCUT2D eigenvalue weighted by molar-refractivity contribution is -0.131. The number of hydrogen-bond acceptors (Lipinski definition) is 6. The van der Waals surface area contributed by atoms with E-state index in [4.69, 9.17) is 14.2 Å². The molecular formula is C26H25NO6. The number of hydrogen-bond donors (Lipinski definition) is 0. The van der Waals surface area contributed by atoms with Gasteiger partial charge >= 0.3 is 5.97 Å². The maximum Gasteiger partial charge on any atom is 0.308 e. The van der Waals surface area contributed by atoms with Crippen molar-refractivity contribution < 1.29 is 28.6 Å². The third-order valence-corrected chi connectivity index (χ3v) is 5.02. The van der Waals surface area contributed by atoms with Gasteiger partial charge in [-0.2, -0.15) is 0 Å². The van der Waals surface area contributed by atoms with Crippen molar-refractivity contribution in [1.29, 1.82) is 0 Å². The van der Waals surface area contributed by atoms with Gasteiger partial charge in [0.2, 0.25) is 0 Å². The average molecular weight is 447 g/mol. The zero-order valence-electron chi connectivity index (χ0n) is 19.2. The summed E-state index contributed by atoms with van der Waals surface area (Å²) in [5, 5.41) is 1.41. The highest BCUT2D eigenvalue weighted by atomic mass is 16.5. The van der Waals surface area contributed by atoms with Crippen LogP contribution >= 0.6 is 0 Å². The first-order valence-electron chi connectivity index (χ1n) is 10.8. The number of fused-ring (bicyclic) bond motifs is 2. The summed E-state index contributed by atoms with van der Waals surface area (Å²) in [6, 6.07) is 13.6. The van der Waals surface area contributed by atoms with Gasteiger partial charge in [0.15, 0.2) is 0 Å². The first-order valence-corrected chi connectivity index (χ1v) is 10.8. The largest absolute Gasteiger partial charge is 0.489 e. The summed E-state index contributed by atoms with van der Waals surface area (Å²) in [6.45, 7) is 8.77. The number of benzene rings is 3. The predicted octanol–water partition coefficient (Wildman–Crippen LogP) is 5.14. The molecule has 0 saturated carbocycles. The molecule has 0 radical (unpaired) electrons. The molecular weight excluding hydrogens is 422 g/mol. The first kappa shape index (κ1) is 22.3. The number of carbonyl (C=O) groups excluding carboxylic acids is 3. The molecule has 1 aliphatic rings. The molecule has 0 N–H and O–H groups in total. The number of nitrogens with zero attached hydrogens (tertiary/aromatic N) is 1. The Morgan fingerprint density at radius 3 is 1.61 bits per heavy atom. The third-order valence-electron chi connectivity index (χ3n) is 5.02. The summed E-state index contributed by atoms with van der Waals surface area (Å²) in [7, 11) is 0. The maximum absolute atomic E-state index is 13.6. The summed E-state index contributed by atoms with van der Waals surface area (Å²) in [6.07, 6.45) is -0.427.